The van der Waals surface area contributed by atoms with Crippen LogP contribution in [0, 0.1) is 17.5 Å². The molecule has 4 heterocycles. The minimum Gasteiger partial charge on any atom is -0.305 e. The molecule has 2 saturated heterocycles. The second kappa shape index (κ2) is 20.8. The average molecular weight is 965 g/mol. The van der Waals surface area contributed by atoms with Crippen LogP contribution in [0.2, 0.25) is 0 Å². The molecule has 348 valence electrons. The topological polar surface area (TPSA) is 135 Å². The number of aromatic nitrogens is 4. The zero-order chi connectivity index (χ0) is 46.6. The van der Waals surface area contributed by atoms with Crippen LogP contribution in [0.3, 0.4) is 0 Å². The summed E-state index contributed by atoms with van der Waals surface area (Å²) in [5.74, 6) is -4.48. The molecule has 1 N–H and O–H groups in total. The first kappa shape index (κ1) is 50.5. The van der Waals surface area contributed by atoms with Gasteiger partial charge in [-0.2, -0.15) is 30.6 Å². The third-order valence-electron chi connectivity index (χ3n) is 10.4. The second-order valence-electron chi connectivity index (χ2n) is 14.7. The molecule has 0 amide bonds. The summed E-state index contributed by atoms with van der Waals surface area (Å²) in [6.07, 6.45) is -10.2. The molecular formula is C42H36ClF11N6O4S. The van der Waals surface area contributed by atoms with Crippen LogP contribution in [0.1, 0.15) is 48.2 Å². The van der Waals surface area contributed by atoms with Gasteiger partial charge in [-0.05, 0) is 92.9 Å². The summed E-state index contributed by atoms with van der Waals surface area (Å²) in [5, 5.41) is 2.81. The van der Waals surface area contributed by atoms with Gasteiger partial charge in [-0.25, -0.2) is 50.3 Å². The largest absolute Gasteiger partial charge is 0.419 e. The number of carbonyl (C=O) groups excluding carboxylic acids is 2. The van der Waals surface area contributed by atoms with E-state index >= 15 is 0 Å². The maximum Gasteiger partial charge on any atom is 0.419 e. The van der Waals surface area contributed by atoms with Gasteiger partial charge in [0.05, 0.1) is 33.5 Å². The van der Waals surface area contributed by atoms with E-state index in [-0.39, 0.29) is 89.9 Å². The molecule has 65 heavy (non-hydrogen) atoms. The van der Waals surface area contributed by atoms with Crippen LogP contribution in [0.5, 0.6) is 0 Å². The molecule has 2 fully saturated rings. The number of nitrogens with one attached hydrogen (secondary N) is 1. The molecule has 2 aromatic heterocycles. The quantitative estimate of drug-likeness (QED) is 0.122. The number of carbonyl (C=O) groups is 2. The number of aryl methyl sites for hydroxylation is 2. The van der Waals surface area contributed by atoms with E-state index in [0.29, 0.717) is 36.9 Å². The Kier molecular flexibility index (Phi) is 16.2. The number of sulfonamides is 1. The molecule has 3 aromatic carbocycles. The highest BCUT2D eigenvalue weighted by atomic mass is 35.5. The van der Waals surface area contributed by atoms with Gasteiger partial charge in [0, 0.05) is 41.9 Å². The van der Waals surface area contributed by atoms with Crippen molar-refractivity contribution >= 4 is 34.0 Å². The molecule has 5 aromatic rings. The first-order valence-corrected chi connectivity index (χ1v) is 20.8. The normalized spacial score (nSPS) is 19.0. The third-order valence-corrected chi connectivity index (χ3v) is 12.3. The van der Waals surface area contributed by atoms with Crippen molar-refractivity contribution in [1.29, 1.82) is 0 Å². The number of rotatable bonds is 12. The highest BCUT2D eigenvalue weighted by molar-refractivity contribution is 7.89. The Hall–Kier alpha value is -5.45. The number of halogens is 12. The summed E-state index contributed by atoms with van der Waals surface area (Å²) in [6.45, 7) is 0.225. The van der Waals surface area contributed by atoms with Crippen molar-refractivity contribution in [2.24, 2.45) is 0 Å². The molecule has 2 aliphatic rings. The first-order valence-electron chi connectivity index (χ1n) is 19.3. The molecule has 0 unspecified atom stereocenters. The van der Waals surface area contributed by atoms with Crippen LogP contribution in [0.4, 0.5) is 48.3 Å². The Bertz CT molecular complexity index is 2610. The van der Waals surface area contributed by atoms with Gasteiger partial charge in [-0.15, -0.1) is 12.4 Å². The minimum absolute atomic E-state index is 0. The fourth-order valence-corrected chi connectivity index (χ4v) is 8.73. The summed E-state index contributed by atoms with van der Waals surface area (Å²) < 4.78 is 172. The highest BCUT2D eigenvalue weighted by Crippen LogP contribution is 2.35. The third kappa shape index (κ3) is 12.3. The van der Waals surface area contributed by atoms with E-state index in [9.17, 15) is 66.3 Å². The zero-order valence-electron chi connectivity index (χ0n) is 33.4. The second-order valence-corrected chi connectivity index (χ2v) is 16.6. The van der Waals surface area contributed by atoms with Crippen LogP contribution in [-0.4, -0.2) is 81.7 Å². The number of ketones is 2. The molecular weight excluding hydrogens is 929 g/mol. The van der Waals surface area contributed by atoms with Crippen molar-refractivity contribution < 1.29 is 66.3 Å². The lowest BCUT2D eigenvalue weighted by Crippen LogP contribution is -2.44. The number of hydrogen-bond acceptors (Lipinski definition) is 9. The maximum atomic E-state index is 14.6. The van der Waals surface area contributed by atoms with Crippen LogP contribution in [-0.2, 0) is 44.8 Å². The Labute approximate surface area is 370 Å². The van der Waals surface area contributed by atoms with Crippen LogP contribution in [0.25, 0.3) is 22.5 Å². The van der Waals surface area contributed by atoms with Gasteiger partial charge in [-0.1, -0.05) is 12.1 Å². The number of hydrogen-bond donors (Lipinski definition) is 1. The summed E-state index contributed by atoms with van der Waals surface area (Å²) in [6, 6.07) is 9.27. The predicted octanol–water partition coefficient (Wildman–Crippen LogP) is 8.67. The van der Waals surface area contributed by atoms with Crippen molar-refractivity contribution in [3.8, 4) is 22.5 Å². The van der Waals surface area contributed by atoms with Crippen molar-refractivity contribution in [3.05, 3.63) is 125 Å². The van der Waals surface area contributed by atoms with Crippen molar-refractivity contribution in [2.45, 2.75) is 80.2 Å². The van der Waals surface area contributed by atoms with Gasteiger partial charge in [0.25, 0.3) is 0 Å². The van der Waals surface area contributed by atoms with E-state index in [2.05, 4.69) is 25.3 Å². The Morgan fingerprint density at radius 1 is 0.662 bits per heavy atom. The van der Waals surface area contributed by atoms with E-state index in [0.717, 1.165) is 53.1 Å². The highest BCUT2D eigenvalue weighted by Gasteiger charge is 2.45. The molecule has 0 spiro atoms. The molecule has 23 heteroatoms. The number of Topliss-reactive ketones (excluding diaryl/α,β-unsaturated/α-hetero) is 2. The molecule has 0 radical (unpaired) electrons. The summed E-state index contributed by atoms with van der Waals surface area (Å²) in [7, 11) is -4.26. The molecule has 10 nitrogen and oxygen atoms in total. The SMILES string of the molecule is Cl.O=C(CCc1cc(-c2ccc(C(F)(F)F)c(F)c2)ncn1)[C@@H]1[C@@H](F)CCN1S(=O)(=O)c1ccc(F)cc1.O=C(CCc1cc(-c2ccc(C(F)(F)F)c(F)c2)ncn1)[C@H]1NCC[C@@H]1F. The summed E-state index contributed by atoms with van der Waals surface area (Å²) in [5.41, 5.74) is -1.49. The summed E-state index contributed by atoms with van der Waals surface area (Å²) in [4.78, 5) is 40.5. The summed E-state index contributed by atoms with van der Waals surface area (Å²) >= 11 is 0. The smallest absolute Gasteiger partial charge is 0.305 e. The molecule has 0 bridgehead atoms. The van der Waals surface area contributed by atoms with E-state index in [1.54, 1.807) is 0 Å². The Morgan fingerprint density at radius 2 is 1.15 bits per heavy atom. The van der Waals surface area contributed by atoms with Crippen molar-refractivity contribution in [1.82, 2.24) is 29.6 Å². The Balaban J connectivity index is 0.000000252. The van der Waals surface area contributed by atoms with E-state index in [4.69, 9.17) is 0 Å². The van der Waals surface area contributed by atoms with Crippen LogP contribution >= 0.6 is 12.4 Å². The lowest BCUT2D eigenvalue weighted by molar-refractivity contribution is -0.140. The molecule has 7 rings (SSSR count). The minimum atomic E-state index is -4.85. The monoisotopic (exact) mass is 964 g/mol. The van der Waals surface area contributed by atoms with E-state index in [1.807, 2.05) is 0 Å². The van der Waals surface area contributed by atoms with Gasteiger partial charge in [0.15, 0.2) is 11.6 Å². The first-order chi connectivity index (χ1) is 30.1. The maximum absolute atomic E-state index is 14.6. The standard InChI is InChI=1S/C24H19F6N3O3S.C18H16F5N3O.ClH/c25-15-2-5-17(6-3-15)37(35,36)33-10-9-19(26)23(33)22(34)8-4-16-12-21(32-13-31-16)14-1-7-18(20(27)11-14)24(28,29)30;19-13-5-6-24-17(13)16(27)4-2-11-8-15(26-9-25-11)10-1-3-12(14(20)7-10)18(21,22)23;/h1-3,5-7,11-13,19,23H,4,8-10H2;1,3,7-9,13,17,24H,2,4-6H2;1H/t19-,23-;13-,17-;/m00./s1. The zero-order valence-corrected chi connectivity index (χ0v) is 35.0. The lowest BCUT2D eigenvalue weighted by Gasteiger charge is -2.24. The van der Waals surface area contributed by atoms with Gasteiger partial charge in [-0.3, -0.25) is 9.59 Å². The predicted molar refractivity (Wildman–Crippen MR) is 214 cm³/mol. The van der Waals surface area contributed by atoms with Crippen LogP contribution in [0.15, 0.2) is 90.3 Å². The average Bonchev–Trinajstić information content (AvgIpc) is 3.87. The number of nitrogens with zero attached hydrogens (tertiary/aromatic N) is 5. The van der Waals surface area contributed by atoms with Crippen molar-refractivity contribution in [3.63, 3.8) is 0 Å². The molecule has 2 aliphatic heterocycles. The van der Waals surface area contributed by atoms with Crippen molar-refractivity contribution in [2.75, 3.05) is 13.1 Å². The van der Waals surface area contributed by atoms with Crippen LogP contribution < -0.4 is 5.32 Å². The lowest BCUT2D eigenvalue weighted by atomic mass is 10.0. The van der Waals surface area contributed by atoms with Gasteiger partial charge in [0.2, 0.25) is 10.0 Å². The molecule has 0 aliphatic carbocycles. The fraction of sp³-hybridized carbons (Fsp3) is 0.333. The van der Waals surface area contributed by atoms with Gasteiger partial charge in [0.1, 0.15) is 48.5 Å². The molecule has 0 saturated carbocycles. The Morgan fingerprint density at radius 3 is 1.60 bits per heavy atom. The van der Waals surface area contributed by atoms with Gasteiger partial charge >= 0.3 is 12.4 Å². The van der Waals surface area contributed by atoms with Gasteiger partial charge < -0.3 is 5.32 Å². The molecule has 4 atom stereocenters. The fourth-order valence-electron chi connectivity index (χ4n) is 7.09. The number of alkyl halides is 8. The number of benzene rings is 3. The van der Waals surface area contributed by atoms with E-state index < -0.39 is 81.2 Å². The van der Waals surface area contributed by atoms with E-state index in [1.165, 1.54) is 18.5 Å².